The van der Waals surface area contributed by atoms with Gasteiger partial charge in [-0.25, -0.2) is 0 Å². The van der Waals surface area contributed by atoms with Gasteiger partial charge in [0, 0.05) is 20.1 Å². The zero-order valence-corrected chi connectivity index (χ0v) is 9.45. The Kier molecular flexibility index (Phi) is 3.90. The third kappa shape index (κ3) is 3.10. The molecule has 0 aliphatic carbocycles. The van der Waals surface area contributed by atoms with E-state index in [9.17, 15) is 0 Å². The van der Waals surface area contributed by atoms with Gasteiger partial charge in [-0.15, -0.1) is 0 Å². The fourth-order valence-corrected chi connectivity index (χ4v) is 1.64. The highest BCUT2D eigenvalue weighted by molar-refractivity contribution is 9.10. The summed E-state index contributed by atoms with van der Waals surface area (Å²) >= 11 is 3.31. The van der Waals surface area contributed by atoms with E-state index in [-0.39, 0.29) is 6.61 Å². The van der Waals surface area contributed by atoms with Crippen LogP contribution in [0.4, 0.5) is 0 Å². The standard InChI is InChI=1S/C8H14BrN3O/c1-11(3-4-13)6-7-5-8(9)10-12(7)2/h5,13H,3-4,6H2,1-2H3. The molecule has 0 bridgehead atoms. The van der Waals surface area contributed by atoms with E-state index in [0.29, 0.717) is 6.54 Å². The molecule has 0 saturated carbocycles. The molecule has 0 aromatic carbocycles. The van der Waals surface area contributed by atoms with Crippen molar-refractivity contribution in [2.24, 2.45) is 7.05 Å². The molecule has 0 aliphatic rings. The molecule has 5 heteroatoms. The quantitative estimate of drug-likeness (QED) is 0.848. The Morgan fingerprint density at radius 3 is 2.85 bits per heavy atom. The number of aryl methyl sites for hydroxylation is 1. The summed E-state index contributed by atoms with van der Waals surface area (Å²) in [6, 6.07) is 1.98. The molecule has 0 saturated heterocycles. The summed E-state index contributed by atoms with van der Waals surface area (Å²) in [5.74, 6) is 0. The minimum atomic E-state index is 0.190. The van der Waals surface area contributed by atoms with Crippen molar-refractivity contribution >= 4 is 15.9 Å². The molecule has 4 nitrogen and oxygen atoms in total. The fourth-order valence-electron chi connectivity index (χ4n) is 1.14. The summed E-state index contributed by atoms with van der Waals surface area (Å²) in [6.07, 6.45) is 0. The SMILES string of the molecule is CN(CCO)Cc1cc(Br)nn1C. The first-order valence-electron chi connectivity index (χ1n) is 4.11. The number of aromatic nitrogens is 2. The number of halogens is 1. The van der Waals surface area contributed by atoms with Crippen LogP contribution >= 0.6 is 15.9 Å². The van der Waals surface area contributed by atoms with E-state index < -0.39 is 0 Å². The highest BCUT2D eigenvalue weighted by Crippen LogP contribution is 2.10. The molecule has 1 heterocycles. The van der Waals surface area contributed by atoms with Crippen LogP contribution in [0.1, 0.15) is 5.69 Å². The van der Waals surface area contributed by atoms with Crippen molar-refractivity contribution in [3.05, 3.63) is 16.4 Å². The van der Waals surface area contributed by atoms with Crippen LogP contribution in [-0.4, -0.2) is 40.0 Å². The molecule has 0 aliphatic heterocycles. The van der Waals surface area contributed by atoms with Gasteiger partial charge >= 0.3 is 0 Å². The zero-order chi connectivity index (χ0) is 9.84. The first-order chi connectivity index (χ1) is 6.13. The van der Waals surface area contributed by atoms with Crippen LogP contribution < -0.4 is 0 Å². The van der Waals surface area contributed by atoms with Gasteiger partial charge in [0.2, 0.25) is 0 Å². The van der Waals surface area contributed by atoms with Gasteiger partial charge in [0.25, 0.3) is 0 Å². The Bertz CT molecular complexity index is 274. The van der Waals surface area contributed by atoms with Crippen molar-refractivity contribution in [3.8, 4) is 0 Å². The highest BCUT2D eigenvalue weighted by Gasteiger charge is 2.05. The topological polar surface area (TPSA) is 41.3 Å². The molecule has 1 aromatic rings. The lowest BCUT2D eigenvalue weighted by Crippen LogP contribution is -2.22. The number of hydrogen-bond acceptors (Lipinski definition) is 3. The third-order valence-electron chi connectivity index (χ3n) is 1.86. The first kappa shape index (κ1) is 10.7. The molecule has 13 heavy (non-hydrogen) atoms. The summed E-state index contributed by atoms with van der Waals surface area (Å²) in [4.78, 5) is 2.05. The number of likely N-dealkylation sites (N-methyl/N-ethyl adjacent to an activating group) is 1. The number of rotatable bonds is 4. The molecule has 74 valence electrons. The van der Waals surface area contributed by atoms with E-state index >= 15 is 0 Å². The van der Waals surface area contributed by atoms with E-state index in [1.165, 1.54) is 0 Å². The summed E-state index contributed by atoms with van der Waals surface area (Å²) in [5.41, 5.74) is 1.13. The van der Waals surface area contributed by atoms with Crippen LogP contribution in [0.15, 0.2) is 10.7 Å². The van der Waals surface area contributed by atoms with Gasteiger partial charge in [-0.1, -0.05) is 0 Å². The Morgan fingerprint density at radius 2 is 2.38 bits per heavy atom. The Hall–Kier alpha value is -0.390. The predicted octanol–water partition coefficient (Wildman–Crippen LogP) is 0.607. The maximum atomic E-state index is 8.72. The molecule has 1 rings (SSSR count). The average Bonchev–Trinajstić information content (AvgIpc) is 2.30. The maximum Gasteiger partial charge on any atom is 0.128 e. The second-order valence-corrected chi connectivity index (χ2v) is 3.86. The molecular formula is C8H14BrN3O. The predicted molar refractivity (Wildman–Crippen MR) is 54.3 cm³/mol. The van der Waals surface area contributed by atoms with Crippen LogP contribution in [-0.2, 0) is 13.6 Å². The minimum Gasteiger partial charge on any atom is -0.395 e. The van der Waals surface area contributed by atoms with Gasteiger partial charge < -0.3 is 5.11 Å². The van der Waals surface area contributed by atoms with Crippen LogP contribution in [0, 0.1) is 0 Å². The van der Waals surface area contributed by atoms with Gasteiger partial charge in [0.1, 0.15) is 4.60 Å². The molecule has 0 atom stereocenters. The zero-order valence-electron chi connectivity index (χ0n) is 7.87. The molecule has 1 N–H and O–H groups in total. The number of nitrogens with zero attached hydrogens (tertiary/aromatic N) is 3. The van der Waals surface area contributed by atoms with E-state index in [2.05, 4.69) is 21.0 Å². The third-order valence-corrected chi connectivity index (χ3v) is 2.25. The van der Waals surface area contributed by atoms with Crippen molar-refractivity contribution in [2.45, 2.75) is 6.54 Å². The van der Waals surface area contributed by atoms with E-state index in [4.69, 9.17) is 5.11 Å². The lowest BCUT2D eigenvalue weighted by Gasteiger charge is -2.14. The maximum absolute atomic E-state index is 8.72. The first-order valence-corrected chi connectivity index (χ1v) is 4.90. The van der Waals surface area contributed by atoms with Gasteiger partial charge in [-0.2, -0.15) is 5.10 Å². The molecular weight excluding hydrogens is 234 g/mol. The molecule has 0 fully saturated rings. The van der Waals surface area contributed by atoms with Gasteiger partial charge in [0.15, 0.2) is 0 Å². The molecule has 0 spiro atoms. The summed E-state index contributed by atoms with van der Waals surface area (Å²) in [6.45, 7) is 1.67. The molecule has 0 radical (unpaired) electrons. The van der Waals surface area contributed by atoms with Crippen LogP contribution in [0.2, 0.25) is 0 Å². The Morgan fingerprint density at radius 1 is 1.69 bits per heavy atom. The normalized spacial score (nSPS) is 11.2. The molecule has 1 aromatic heterocycles. The largest absolute Gasteiger partial charge is 0.395 e. The van der Waals surface area contributed by atoms with Crippen molar-refractivity contribution < 1.29 is 5.11 Å². The van der Waals surface area contributed by atoms with Crippen LogP contribution in [0.25, 0.3) is 0 Å². The molecule has 0 amide bonds. The number of hydrogen-bond donors (Lipinski definition) is 1. The van der Waals surface area contributed by atoms with Crippen LogP contribution in [0.5, 0.6) is 0 Å². The number of aliphatic hydroxyl groups excluding tert-OH is 1. The van der Waals surface area contributed by atoms with E-state index in [0.717, 1.165) is 16.8 Å². The van der Waals surface area contributed by atoms with Crippen molar-refractivity contribution in [1.29, 1.82) is 0 Å². The minimum absolute atomic E-state index is 0.190. The fraction of sp³-hybridized carbons (Fsp3) is 0.625. The Balaban J connectivity index is 2.57. The average molecular weight is 248 g/mol. The summed E-state index contributed by atoms with van der Waals surface area (Å²) < 4.78 is 2.68. The van der Waals surface area contributed by atoms with Crippen molar-refractivity contribution in [2.75, 3.05) is 20.2 Å². The number of aliphatic hydroxyl groups is 1. The second kappa shape index (κ2) is 4.74. The highest BCUT2D eigenvalue weighted by atomic mass is 79.9. The summed E-state index contributed by atoms with van der Waals surface area (Å²) in [7, 11) is 3.88. The van der Waals surface area contributed by atoms with Gasteiger partial charge in [0.05, 0.1) is 12.3 Å². The summed E-state index contributed by atoms with van der Waals surface area (Å²) in [5, 5.41) is 12.9. The molecule has 0 unspecified atom stereocenters. The second-order valence-electron chi connectivity index (χ2n) is 3.04. The van der Waals surface area contributed by atoms with Crippen molar-refractivity contribution in [1.82, 2.24) is 14.7 Å². The lowest BCUT2D eigenvalue weighted by atomic mass is 10.4. The van der Waals surface area contributed by atoms with E-state index in [1.54, 1.807) is 0 Å². The smallest absolute Gasteiger partial charge is 0.128 e. The van der Waals surface area contributed by atoms with Gasteiger partial charge in [-0.05, 0) is 29.0 Å². The Labute approximate surface area is 86.3 Å². The van der Waals surface area contributed by atoms with E-state index in [1.807, 2.05) is 29.7 Å². The monoisotopic (exact) mass is 247 g/mol. The van der Waals surface area contributed by atoms with Gasteiger partial charge in [-0.3, -0.25) is 9.58 Å². The lowest BCUT2D eigenvalue weighted by molar-refractivity contribution is 0.214. The van der Waals surface area contributed by atoms with Crippen molar-refractivity contribution in [3.63, 3.8) is 0 Å². The van der Waals surface area contributed by atoms with Crippen LogP contribution in [0.3, 0.4) is 0 Å².